The lowest BCUT2D eigenvalue weighted by Gasteiger charge is -2.33. The number of rotatable bonds is 3. The maximum Gasteiger partial charge on any atom is 0.217 e. The van der Waals surface area contributed by atoms with Gasteiger partial charge in [0.1, 0.15) is 5.82 Å². The number of piperidine rings is 1. The first-order valence-corrected chi connectivity index (χ1v) is 6.40. The summed E-state index contributed by atoms with van der Waals surface area (Å²) < 4.78 is 13.1. The fourth-order valence-electron chi connectivity index (χ4n) is 2.52. The van der Waals surface area contributed by atoms with E-state index in [1.165, 1.54) is 13.0 Å². The summed E-state index contributed by atoms with van der Waals surface area (Å²) in [7, 11) is 0. The minimum absolute atomic E-state index is 0.00653. The summed E-state index contributed by atoms with van der Waals surface area (Å²) in [5, 5.41) is 6.38. The second-order valence-corrected chi connectivity index (χ2v) is 4.84. The van der Waals surface area contributed by atoms with E-state index in [-0.39, 0.29) is 23.8 Å². The van der Waals surface area contributed by atoms with Gasteiger partial charge in [0, 0.05) is 19.0 Å². The Morgan fingerprint density at radius 1 is 1.56 bits per heavy atom. The summed E-state index contributed by atoms with van der Waals surface area (Å²) in [5.41, 5.74) is 0.963. The average Bonchev–Trinajstić information content (AvgIpc) is 2.31. The van der Waals surface area contributed by atoms with Crippen molar-refractivity contribution in [1.82, 2.24) is 10.6 Å². The van der Waals surface area contributed by atoms with Gasteiger partial charge < -0.3 is 10.6 Å². The molecule has 1 aromatic carbocycles. The molecule has 1 fully saturated rings. The summed E-state index contributed by atoms with van der Waals surface area (Å²) in [6.07, 6.45) is 2.78. The van der Waals surface area contributed by atoms with Crippen LogP contribution in [0.5, 0.6) is 0 Å². The van der Waals surface area contributed by atoms with Crippen molar-refractivity contribution in [3.05, 3.63) is 35.6 Å². The highest BCUT2D eigenvalue weighted by Gasteiger charge is 2.25. The van der Waals surface area contributed by atoms with E-state index < -0.39 is 0 Å². The van der Waals surface area contributed by atoms with Crippen LogP contribution >= 0.6 is 0 Å². The Labute approximate surface area is 107 Å². The van der Waals surface area contributed by atoms with Gasteiger partial charge in [0.15, 0.2) is 0 Å². The molecule has 1 aliphatic rings. The van der Waals surface area contributed by atoms with Gasteiger partial charge in [-0.2, -0.15) is 0 Å². The van der Waals surface area contributed by atoms with Gasteiger partial charge in [0.05, 0.1) is 0 Å². The van der Waals surface area contributed by atoms with E-state index in [4.69, 9.17) is 0 Å². The van der Waals surface area contributed by atoms with Gasteiger partial charge in [-0.1, -0.05) is 12.1 Å². The topological polar surface area (TPSA) is 41.1 Å². The quantitative estimate of drug-likeness (QED) is 0.856. The summed E-state index contributed by atoms with van der Waals surface area (Å²) in [5.74, 6) is -0.215. The maximum absolute atomic E-state index is 13.1. The molecule has 1 saturated heterocycles. The van der Waals surface area contributed by atoms with E-state index in [1.54, 1.807) is 12.1 Å². The Morgan fingerprint density at radius 2 is 2.39 bits per heavy atom. The van der Waals surface area contributed by atoms with Crippen LogP contribution in [0.1, 0.15) is 25.3 Å². The summed E-state index contributed by atoms with van der Waals surface area (Å²) in [4.78, 5) is 11.2. The highest BCUT2D eigenvalue weighted by Crippen LogP contribution is 2.14. The van der Waals surface area contributed by atoms with Gasteiger partial charge >= 0.3 is 0 Å². The zero-order chi connectivity index (χ0) is 13.0. The van der Waals surface area contributed by atoms with Crippen LogP contribution in [-0.2, 0) is 11.2 Å². The van der Waals surface area contributed by atoms with E-state index in [9.17, 15) is 9.18 Å². The lowest BCUT2D eigenvalue weighted by molar-refractivity contribution is -0.120. The molecule has 4 heteroatoms. The maximum atomic E-state index is 13.1. The van der Waals surface area contributed by atoms with Crippen LogP contribution < -0.4 is 10.6 Å². The standard InChI is InChI=1S/C14H19FN2O/c1-10(18)17-13-6-3-7-16-14(13)9-11-4-2-5-12(15)8-11/h2,4-5,8,13-14,16H,3,6-7,9H2,1H3,(H,17,18)/t13-,14-/m0/s1. The number of benzene rings is 1. The Hall–Kier alpha value is -1.42. The normalized spacial score (nSPS) is 23.7. The molecular weight excluding hydrogens is 231 g/mol. The molecule has 0 aliphatic carbocycles. The smallest absolute Gasteiger partial charge is 0.217 e. The summed E-state index contributed by atoms with van der Waals surface area (Å²) in [6, 6.07) is 6.97. The van der Waals surface area contributed by atoms with Crippen molar-refractivity contribution < 1.29 is 9.18 Å². The Bertz CT molecular complexity index is 422. The molecular formula is C14H19FN2O. The zero-order valence-electron chi connectivity index (χ0n) is 10.6. The first-order chi connectivity index (χ1) is 8.65. The van der Waals surface area contributed by atoms with Crippen LogP contribution in [0.2, 0.25) is 0 Å². The molecule has 0 unspecified atom stereocenters. The first kappa shape index (κ1) is 13.0. The van der Waals surface area contributed by atoms with Crippen LogP contribution in [-0.4, -0.2) is 24.5 Å². The van der Waals surface area contributed by atoms with E-state index in [0.29, 0.717) is 0 Å². The average molecular weight is 250 g/mol. The SMILES string of the molecule is CC(=O)N[C@H]1CCCN[C@H]1Cc1cccc(F)c1. The number of carbonyl (C=O) groups is 1. The molecule has 0 radical (unpaired) electrons. The van der Waals surface area contributed by atoms with Crippen LogP contribution in [0.25, 0.3) is 0 Å². The molecule has 0 saturated carbocycles. The monoisotopic (exact) mass is 250 g/mol. The zero-order valence-corrected chi connectivity index (χ0v) is 10.6. The first-order valence-electron chi connectivity index (χ1n) is 6.40. The molecule has 2 rings (SSSR count). The van der Waals surface area contributed by atoms with Crippen molar-refractivity contribution in [1.29, 1.82) is 0 Å². The number of halogens is 1. The third-order valence-electron chi connectivity index (χ3n) is 3.32. The largest absolute Gasteiger partial charge is 0.352 e. The third kappa shape index (κ3) is 3.53. The molecule has 1 aromatic rings. The molecule has 1 aliphatic heterocycles. The highest BCUT2D eigenvalue weighted by atomic mass is 19.1. The molecule has 18 heavy (non-hydrogen) atoms. The van der Waals surface area contributed by atoms with E-state index in [0.717, 1.165) is 31.4 Å². The van der Waals surface area contributed by atoms with Gasteiger partial charge in [-0.3, -0.25) is 4.79 Å². The van der Waals surface area contributed by atoms with Gasteiger partial charge in [0.2, 0.25) is 5.91 Å². The summed E-state index contributed by atoms with van der Waals surface area (Å²) in [6.45, 7) is 2.49. The second-order valence-electron chi connectivity index (χ2n) is 4.84. The molecule has 98 valence electrons. The van der Waals surface area contributed by atoms with E-state index >= 15 is 0 Å². The van der Waals surface area contributed by atoms with Crippen LogP contribution in [0.4, 0.5) is 4.39 Å². The molecule has 1 heterocycles. The molecule has 1 amide bonds. The fraction of sp³-hybridized carbons (Fsp3) is 0.500. The Kier molecular flexibility index (Phi) is 4.31. The van der Waals surface area contributed by atoms with Crippen molar-refractivity contribution in [2.24, 2.45) is 0 Å². The highest BCUT2D eigenvalue weighted by molar-refractivity contribution is 5.73. The third-order valence-corrected chi connectivity index (χ3v) is 3.32. The minimum Gasteiger partial charge on any atom is -0.352 e. The van der Waals surface area contributed by atoms with Gasteiger partial charge in [0.25, 0.3) is 0 Å². The van der Waals surface area contributed by atoms with E-state index in [1.807, 2.05) is 6.07 Å². The lowest BCUT2D eigenvalue weighted by atomic mass is 9.92. The molecule has 0 bridgehead atoms. The number of amides is 1. The van der Waals surface area contributed by atoms with Crippen LogP contribution in [0.15, 0.2) is 24.3 Å². The fourth-order valence-corrected chi connectivity index (χ4v) is 2.52. The molecule has 2 N–H and O–H groups in total. The predicted molar refractivity (Wildman–Crippen MR) is 68.7 cm³/mol. The second kappa shape index (κ2) is 5.96. The van der Waals surface area contributed by atoms with Gasteiger partial charge in [-0.05, 0) is 43.5 Å². The predicted octanol–water partition coefficient (Wildman–Crippen LogP) is 1.62. The molecule has 0 spiro atoms. The number of hydrogen-bond donors (Lipinski definition) is 2. The number of nitrogens with one attached hydrogen (secondary N) is 2. The van der Waals surface area contributed by atoms with Crippen molar-refractivity contribution in [2.45, 2.75) is 38.3 Å². The van der Waals surface area contributed by atoms with Gasteiger partial charge in [-0.15, -0.1) is 0 Å². The van der Waals surface area contributed by atoms with Crippen molar-refractivity contribution >= 4 is 5.91 Å². The van der Waals surface area contributed by atoms with Crippen LogP contribution in [0.3, 0.4) is 0 Å². The molecule has 3 nitrogen and oxygen atoms in total. The number of hydrogen-bond acceptors (Lipinski definition) is 2. The molecule has 2 atom stereocenters. The van der Waals surface area contributed by atoms with Crippen molar-refractivity contribution in [2.75, 3.05) is 6.54 Å². The van der Waals surface area contributed by atoms with E-state index in [2.05, 4.69) is 10.6 Å². The van der Waals surface area contributed by atoms with Gasteiger partial charge in [-0.25, -0.2) is 4.39 Å². The van der Waals surface area contributed by atoms with Crippen molar-refractivity contribution in [3.63, 3.8) is 0 Å². The lowest BCUT2D eigenvalue weighted by Crippen LogP contribution is -2.54. The van der Waals surface area contributed by atoms with Crippen molar-refractivity contribution in [3.8, 4) is 0 Å². The van der Waals surface area contributed by atoms with Crippen LogP contribution in [0, 0.1) is 5.82 Å². The Morgan fingerprint density at radius 3 is 3.11 bits per heavy atom. The minimum atomic E-state index is -0.209. The summed E-state index contributed by atoms with van der Waals surface area (Å²) >= 11 is 0. The molecule has 0 aromatic heterocycles. The Balaban J connectivity index is 2.03. The number of carbonyl (C=O) groups excluding carboxylic acids is 1.